The lowest BCUT2D eigenvalue weighted by molar-refractivity contribution is -0.100. The van der Waals surface area contributed by atoms with Gasteiger partial charge in [-0.1, -0.05) is 18.6 Å². The molecule has 0 aromatic carbocycles. The first-order chi connectivity index (χ1) is 8.57. The summed E-state index contributed by atoms with van der Waals surface area (Å²) >= 11 is 0. The van der Waals surface area contributed by atoms with Gasteiger partial charge in [-0.15, -0.1) is 0 Å². The van der Waals surface area contributed by atoms with Gasteiger partial charge < -0.3 is 10.1 Å². The standard InChI is InChI=1S/C15H28N2O/c1-13(2)4-7-17-8-5-14(6-9-17)16-10-15(3)11-18-12-15/h4,14,16H,5-12H2,1-3H3. The number of likely N-dealkylation sites (tertiary alicyclic amines) is 1. The van der Waals surface area contributed by atoms with Gasteiger partial charge >= 0.3 is 0 Å². The largest absolute Gasteiger partial charge is 0.380 e. The Balaban J connectivity index is 1.62. The number of hydrogen-bond donors (Lipinski definition) is 1. The van der Waals surface area contributed by atoms with E-state index in [1.165, 1.54) is 31.5 Å². The molecule has 0 atom stereocenters. The number of ether oxygens (including phenoxy) is 1. The van der Waals surface area contributed by atoms with Crippen LogP contribution in [0.25, 0.3) is 0 Å². The van der Waals surface area contributed by atoms with Crippen LogP contribution in [0.3, 0.4) is 0 Å². The van der Waals surface area contributed by atoms with Gasteiger partial charge in [-0.3, -0.25) is 4.90 Å². The Labute approximate surface area is 112 Å². The molecular formula is C15H28N2O. The van der Waals surface area contributed by atoms with E-state index in [2.05, 4.69) is 37.1 Å². The van der Waals surface area contributed by atoms with E-state index in [1.807, 2.05) is 0 Å². The number of hydrogen-bond acceptors (Lipinski definition) is 3. The molecule has 104 valence electrons. The zero-order valence-corrected chi connectivity index (χ0v) is 12.2. The lowest BCUT2D eigenvalue weighted by Crippen LogP contribution is -2.51. The molecule has 1 N–H and O–H groups in total. The lowest BCUT2D eigenvalue weighted by atomic mass is 9.88. The molecule has 0 amide bonds. The summed E-state index contributed by atoms with van der Waals surface area (Å²) in [7, 11) is 0. The topological polar surface area (TPSA) is 24.5 Å². The van der Waals surface area contributed by atoms with Crippen molar-refractivity contribution >= 4 is 0 Å². The molecule has 2 saturated heterocycles. The number of rotatable bonds is 5. The average Bonchev–Trinajstić information content (AvgIpc) is 2.33. The van der Waals surface area contributed by atoms with Crippen LogP contribution in [0, 0.1) is 5.41 Å². The van der Waals surface area contributed by atoms with E-state index in [1.54, 1.807) is 0 Å². The Bertz CT molecular complexity index is 285. The quantitative estimate of drug-likeness (QED) is 0.758. The first-order valence-corrected chi connectivity index (χ1v) is 7.24. The molecule has 2 aliphatic rings. The second-order valence-corrected chi connectivity index (χ2v) is 6.54. The van der Waals surface area contributed by atoms with Gasteiger partial charge in [0.15, 0.2) is 0 Å². The van der Waals surface area contributed by atoms with Crippen LogP contribution in [-0.2, 0) is 4.74 Å². The van der Waals surface area contributed by atoms with Crippen molar-refractivity contribution in [2.75, 3.05) is 39.4 Å². The van der Waals surface area contributed by atoms with Crippen molar-refractivity contribution in [1.82, 2.24) is 10.2 Å². The van der Waals surface area contributed by atoms with Crippen molar-refractivity contribution in [3.63, 3.8) is 0 Å². The Morgan fingerprint density at radius 2 is 2.00 bits per heavy atom. The monoisotopic (exact) mass is 252 g/mol. The minimum atomic E-state index is 0.402. The first kappa shape index (κ1) is 14.0. The minimum absolute atomic E-state index is 0.402. The van der Waals surface area contributed by atoms with E-state index >= 15 is 0 Å². The van der Waals surface area contributed by atoms with E-state index in [9.17, 15) is 0 Å². The molecule has 0 aromatic heterocycles. The maximum atomic E-state index is 5.29. The van der Waals surface area contributed by atoms with Gasteiger partial charge in [0.05, 0.1) is 13.2 Å². The van der Waals surface area contributed by atoms with Crippen LogP contribution in [0.1, 0.15) is 33.6 Å². The Morgan fingerprint density at radius 3 is 2.50 bits per heavy atom. The van der Waals surface area contributed by atoms with Gasteiger partial charge in [-0.05, 0) is 39.8 Å². The number of nitrogens with one attached hydrogen (secondary N) is 1. The first-order valence-electron chi connectivity index (χ1n) is 7.24. The highest BCUT2D eigenvalue weighted by molar-refractivity contribution is 4.96. The smallest absolute Gasteiger partial charge is 0.0554 e. The van der Waals surface area contributed by atoms with Crippen molar-refractivity contribution in [3.8, 4) is 0 Å². The van der Waals surface area contributed by atoms with Crippen molar-refractivity contribution in [3.05, 3.63) is 11.6 Å². The van der Waals surface area contributed by atoms with Crippen molar-refractivity contribution in [2.45, 2.75) is 39.7 Å². The molecule has 2 rings (SSSR count). The van der Waals surface area contributed by atoms with Gasteiger partial charge in [0.1, 0.15) is 0 Å². The molecule has 2 aliphatic heterocycles. The summed E-state index contributed by atoms with van der Waals surface area (Å²) < 4.78 is 5.29. The van der Waals surface area contributed by atoms with E-state index in [4.69, 9.17) is 4.74 Å². The third-order valence-electron chi connectivity index (χ3n) is 4.06. The molecule has 18 heavy (non-hydrogen) atoms. The van der Waals surface area contributed by atoms with Gasteiger partial charge in [-0.2, -0.15) is 0 Å². The van der Waals surface area contributed by atoms with Crippen molar-refractivity contribution < 1.29 is 4.74 Å². The normalized spacial score (nSPS) is 24.6. The minimum Gasteiger partial charge on any atom is -0.380 e. The second-order valence-electron chi connectivity index (χ2n) is 6.54. The van der Waals surface area contributed by atoms with Crippen LogP contribution in [0.5, 0.6) is 0 Å². The molecule has 0 radical (unpaired) electrons. The predicted molar refractivity (Wildman–Crippen MR) is 75.8 cm³/mol. The van der Waals surface area contributed by atoms with Crippen LogP contribution < -0.4 is 5.32 Å². The highest BCUT2D eigenvalue weighted by Gasteiger charge is 2.33. The SMILES string of the molecule is CC(C)=CCN1CCC(NCC2(C)COC2)CC1. The second kappa shape index (κ2) is 6.18. The van der Waals surface area contributed by atoms with Gasteiger partial charge in [-0.25, -0.2) is 0 Å². The Kier molecular flexibility index (Phi) is 4.82. The van der Waals surface area contributed by atoms with E-state index in [0.717, 1.165) is 26.3 Å². The third kappa shape index (κ3) is 4.08. The van der Waals surface area contributed by atoms with Crippen LogP contribution in [0.15, 0.2) is 11.6 Å². The summed E-state index contributed by atoms with van der Waals surface area (Å²) in [5.74, 6) is 0. The molecule has 0 bridgehead atoms. The third-order valence-corrected chi connectivity index (χ3v) is 4.06. The summed E-state index contributed by atoms with van der Waals surface area (Å²) in [5, 5.41) is 3.73. The molecular weight excluding hydrogens is 224 g/mol. The molecule has 0 aromatic rings. The molecule has 3 heteroatoms. The Hall–Kier alpha value is -0.380. The van der Waals surface area contributed by atoms with E-state index in [0.29, 0.717) is 11.5 Å². The van der Waals surface area contributed by atoms with Crippen molar-refractivity contribution in [2.24, 2.45) is 5.41 Å². The molecule has 3 nitrogen and oxygen atoms in total. The molecule has 0 saturated carbocycles. The molecule has 0 spiro atoms. The maximum Gasteiger partial charge on any atom is 0.0554 e. The molecule has 2 heterocycles. The van der Waals surface area contributed by atoms with Crippen LogP contribution in [0.4, 0.5) is 0 Å². The maximum absolute atomic E-state index is 5.29. The molecule has 0 aliphatic carbocycles. The van der Waals surface area contributed by atoms with Crippen LogP contribution in [-0.4, -0.2) is 50.3 Å². The highest BCUT2D eigenvalue weighted by Crippen LogP contribution is 2.25. The summed E-state index contributed by atoms with van der Waals surface area (Å²) in [6, 6.07) is 0.713. The van der Waals surface area contributed by atoms with Crippen molar-refractivity contribution in [1.29, 1.82) is 0 Å². The molecule has 2 fully saturated rings. The Morgan fingerprint density at radius 1 is 1.33 bits per heavy atom. The summed E-state index contributed by atoms with van der Waals surface area (Å²) in [6.07, 6.45) is 4.90. The van der Waals surface area contributed by atoms with Gasteiger partial charge in [0, 0.05) is 24.5 Å². The fraction of sp³-hybridized carbons (Fsp3) is 0.867. The fourth-order valence-electron chi connectivity index (χ4n) is 2.57. The zero-order chi connectivity index (χ0) is 13.0. The van der Waals surface area contributed by atoms with Gasteiger partial charge in [0.25, 0.3) is 0 Å². The van der Waals surface area contributed by atoms with Gasteiger partial charge in [0.2, 0.25) is 0 Å². The number of nitrogens with zero attached hydrogens (tertiary/aromatic N) is 1. The predicted octanol–water partition coefficient (Wildman–Crippen LogP) is 2.04. The number of allylic oxidation sites excluding steroid dienone is 1. The zero-order valence-electron chi connectivity index (χ0n) is 12.2. The van der Waals surface area contributed by atoms with Crippen LogP contribution in [0.2, 0.25) is 0 Å². The lowest BCUT2D eigenvalue weighted by Gasteiger charge is -2.40. The van der Waals surface area contributed by atoms with E-state index < -0.39 is 0 Å². The fourth-order valence-corrected chi connectivity index (χ4v) is 2.57. The highest BCUT2D eigenvalue weighted by atomic mass is 16.5. The average molecular weight is 252 g/mol. The van der Waals surface area contributed by atoms with Crippen LogP contribution >= 0.6 is 0 Å². The summed E-state index contributed by atoms with van der Waals surface area (Å²) in [5.41, 5.74) is 1.83. The van der Waals surface area contributed by atoms with E-state index in [-0.39, 0.29) is 0 Å². The molecule has 0 unspecified atom stereocenters. The summed E-state index contributed by atoms with van der Waals surface area (Å²) in [6.45, 7) is 13.2. The number of piperidine rings is 1. The summed E-state index contributed by atoms with van der Waals surface area (Å²) in [4.78, 5) is 2.55.